The van der Waals surface area contributed by atoms with Crippen LogP contribution in [-0.2, 0) is 14.9 Å². The van der Waals surface area contributed by atoms with Crippen molar-refractivity contribution in [2.45, 2.75) is 39.0 Å². The van der Waals surface area contributed by atoms with Crippen LogP contribution in [0.1, 0.15) is 44.7 Å². The Morgan fingerprint density at radius 1 is 1.07 bits per heavy atom. The zero-order valence-electron chi connectivity index (χ0n) is 17.1. The second-order valence-electron chi connectivity index (χ2n) is 8.84. The minimum atomic E-state index is 0.197. The highest BCUT2D eigenvalue weighted by Crippen LogP contribution is 2.24. The first-order chi connectivity index (χ1) is 12.9. The van der Waals surface area contributed by atoms with Crippen molar-refractivity contribution in [1.29, 1.82) is 0 Å². The molecule has 0 bridgehead atoms. The van der Waals surface area contributed by atoms with E-state index in [4.69, 9.17) is 4.74 Å². The summed E-state index contributed by atoms with van der Waals surface area (Å²) in [6.07, 6.45) is 6.69. The fourth-order valence-corrected chi connectivity index (χ4v) is 3.73. The van der Waals surface area contributed by atoms with Crippen molar-refractivity contribution < 1.29 is 9.53 Å². The molecule has 1 aromatic rings. The molecule has 0 aromatic heterocycles. The van der Waals surface area contributed by atoms with E-state index in [0.29, 0.717) is 12.5 Å². The number of carbonyl (C=O) groups excluding carboxylic acids is 1. The van der Waals surface area contributed by atoms with E-state index in [9.17, 15) is 4.79 Å². The summed E-state index contributed by atoms with van der Waals surface area (Å²) in [6, 6.07) is 8.87. The molecule has 0 aliphatic carbocycles. The summed E-state index contributed by atoms with van der Waals surface area (Å²) < 4.78 is 5.35. The van der Waals surface area contributed by atoms with Gasteiger partial charge in [-0.3, -0.25) is 9.69 Å². The molecule has 2 fully saturated rings. The van der Waals surface area contributed by atoms with E-state index in [1.807, 2.05) is 4.90 Å². The summed E-state index contributed by atoms with van der Waals surface area (Å²) in [5.74, 6) is 0.844. The highest BCUT2D eigenvalue weighted by Gasteiger charge is 2.23. The molecule has 2 saturated heterocycles. The fraction of sp³-hybridized carbons (Fsp3) is 0.609. The summed E-state index contributed by atoms with van der Waals surface area (Å²) in [5.41, 5.74) is 2.82. The normalized spacial score (nSPS) is 20.3. The third-order valence-electron chi connectivity index (χ3n) is 5.69. The van der Waals surface area contributed by atoms with Crippen molar-refractivity contribution >= 4 is 12.0 Å². The predicted octanol–water partition coefficient (Wildman–Crippen LogP) is 3.57. The monoisotopic (exact) mass is 370 g/mol. The van der Waals surface area contributed by atoms with Gasteiger partial charge in [0.2, 0.25) is 5.91 Å². The summed E-state index contributed by atoms with van der Waals surface area (Å²) in [5, 5.41) is 0. The van der Waals surface area contributed by atoms with Gasteiger partial charge in [-0.15, -0.1) is 0 Å². The lowest BCUT2D eigenvalue weighted by Crippen LogP contribution is -2.46. The van der Waals surface area contributed by atoms with Gasteiger partial charge in [-0.25, -0.2) is 0 Å². The molecule has 0 atom stereocenters. The number of benzene rings is 1. The predicted molar refractivity (Wildman–Crippen MR) is 111 cm³/mol. The van der Waals surface area contributed by atoms with Gasteiger partial charge < -0.3 is 9.64 Å². The Kier molecular flexibility index (Phi) is 6.72. The molecule has 2 heterocycles. The van der Waals surface area contributed by atoms with Crippen molar-refractivity contribution in [2.75, 3.05) is 45.9 Å². The van der Waals surface area contributed by atoms with E-state index in [2.05, 4.69) is 62.1 Å². The Morgan fingerprint density at radius 2 is 1.70 bits per heavy atom. The van der Waals surface area contributed by atoms with E-state index in [1.165, 1.54) is 11.1 Å². The molecule has 1 amide bonds. The summed E-state index contributed by atoms with van der Waals surface area (Å²) in [4.78, 5) is 16.7. The molecule has 0 N–H and O–H groups in total. The van der Waals surface area contributed by atoms with Gasteiger partial charge in [-0.1, -0.05) is 57.2 Å². The van der Waals surface area contributed by atoms with Crippen LogP contribution in [0.3, 0.4) is 0 Å². The van der Waals surface area contributed by atoms with Gasteiger partial charge in [-0.05, 0) is 35.3 Å². The molecule has 3 rings (SSSR count). The number of morpholine rings is 1. The molecular weight excluding hydrogens is 336 g/mol. The Morgan fingerprint density at radius 3 is 2.30 bits per heavy atom. The maximum Gasteiger partial charge on any atom is 0.236 e. The number of ether oxygens (including phenoxy) is 1. The first-order valence-corrected chi connectivity index (χ1v) is 10.3. The molecule has 0 spiro atoms. The smallest absolute Gasteiger partial charge is 0.236 e. The average molecular weight is 371 g/mol. The average Bonchev–Trinajstić information content (AvgIpc) is 2.67. The molecule has 2 aliphatic rings. The maximum absolute atomic E-state index is 12.5. The van der Waals surface area contributed by atoms with Crippen LogP contribution in [-0.4, -0.2) is 61.6 Å². The third-order valence-corrected chi connectivity index (χ3v) is 5.69. The number of carbonyl (C=O) groups is 1. The van der Waals surface area contributed by atoms with Crippen molar-refractivity contribution in [3.8, 4) is 0 Å². The van der Waals surface area contributed by atoms with Crippen LogP contribution in [0.4, 0.5) is 0 Å². The highest BCUT2D eigenvalue weighted by molar-refractivity contribution is 5.78. The van der Waals surface area contributed by atoms with Gasteiger partial charge in [0.15, 0.2) is 0 Å². The van der Waals surface area contributed by atoms with E-state index in [0.717, 1.165) is 52.2 Å². The van der Waals surface area contributed by atoms with E-state index in [-0.39, 0.29) is 11.3 Å². The van der Waals surface area contributed by atoms with Crippen LogP contribution < -0.4 is 0 Å². The van der Waals surface area contributed by atoms with Crippen molar-refractivity contribution in [1.82, 2.24) is 9.80 Å². The molecule has 0 unspecified atom stereocenters. The lowest BCUT2D eigenvalue weighted by molar-refractivity contribution is -0.134. The van der Waals surface area contributed by atoms with Gasteiger partial charge in [-0.2, -0.15) is 0 Å². The Hall–Kier alpha value is -1.65. The number of rotatable bonds is 4. The Balaban J connectivity index is 1.44. The van der Waals surface area contributed by atoms with E-state index < -0.39 is 0 Å². The zero-order chi connectivity index (χ0) is 19.3. The number of amides is 1. The van der Waals surface area contributed by atoms with Gasteiger partial charge in [0.25, 0.3) is 0 Å². The number of hydrogen-bond donors (Lipinski definition) is 0. The minimum Gasteiger partial charge on any atom is -0.379 e. The lowest BCUT2D eigenvalue weighted by Gasteiger charge is -2.33. The fourth-order valence-electron chi connectivity index (χ4n) is 3.73. The maximum atomic E-state index is 12.5. The number of nitrogens with zero attached hydrogens (tertiary/aromatic N) is 2. The molecule has 27 heavy (non-hydrogen) atoms. The van der Waals surface area contributed by atoms with Crippen LogP contribution in [0, 0.1) is 5.92 Å². The van der Waals surface area contributed by atoms with Crippen molar-refractivity contribution in [3.63, 3.8) is 0 Å². The number of piperidine rings is 1. The summed E-state index contributed by atoms with van der Waals surface area (Å²) in [7, 11) is 0. The molecular formula is C23H34N2O2. The molecule has 0 saturated carbocycles. The van der Waals surface area contributed by atoms with Crippen LogP contribution >= 0.6 is 0 Å². The molecule has 2 aliphatic heterocycles. The lowest BCUT2D eigenvalue weighted by atomic mass is 9.86. The zero-order valence-corrected chi connectivity index (χ0v) is 17.1. The standard InChI is InChI=1S/C23H34N2O2/c1-23(2,3)21-8-6-19(7-9-21)4-5-20-10-12-25(13-11-20)22(26)18-24-14-16-27-17-15-24/h4-9,20H,10-18H2,1-3H3/b5-4+. The van der Waals surface area contributed by atoms with Crippen molar-refractivity contribution in [3.05, 3.63) is 41.5 Å². The van der Waals surface area contributed by atoms with Gasteiger partial charge in [0.05, 0.1) is 19.8 Å². The molecule has 4 heteroatoms. The van der Waals surface area contributed by atoms with Gasteiger partial charge in [0, 0.05) is 26.2 Å². The topological polar surface area (TPSA) is 32.8 Å². The Labute approximate surface area is 164 Å². The second-order valence-corrected chi connectivity index (χ2v) is 8.84. The second kappa shape index (κ2) is 9.03. The quantitative estimate of drug-likeness (QED) is 0.812. The van der Waals surface area contributed by atoms with Crippen LogP contribution in [0.15, 0.2) is 30.3 Å². The van der Waals surface area contributed by atoms with Gasteiger partial charge >= 0.3 is 0 Å². The molecule has 4 nitrogen and oxygen atoms in total. The first-order valence-electron chi connectivity index (χ1n) is 10.3. The van der Waals surface area contributed by atoms with Gasteiger partial charge in [0.1, 0.15) is 0 Å². The van der Waals surface area contributed by atoms with Crippen LogP contribution in [0.25, 0.3) is 6.08 Å². The van der Waals surface area contributed by atoms with Crippen LogP contribution in [0.5, 0.6) is 0 Å². The SMILES string of the molecule is CC(C)(C)c1ccc(/C=C/C2CCN(C(=O)CN3CCOCC3)CC2)cc1. The molecule has 0 radical (unpaired) electrons. The molecule has 148 valence electrons. The highest BCUT2D eigenvalue weighted by atomic mass is 16.5. The third kappa shape index (κ3) is 5.91. The van der Waals surface area contributed by atoms with E-state index >= 15 is 0 Å². The number of likely N-dealkylation sites (tertiary alicyclic amines) is 1. The molecule has 1 aromatic carbocycles. The number of hydrogen-bond acceptors (Lipinski definition) is 3. The van der Waals surface area contributed by atoms with Crippen LogP contribution in [0.2, 0.25) is 0 Å². The Bertz CT molecular complexity index is 631. The summed E-state index contributed by atoms with van der Waals surface area (Å²) >= 11 is 0. The minimum absolute atomic E-state index is 0.197. The summed E-state index contributed by atoms with van der Waals surface area (Å²) in [6.45, 7) is 12.3. The largest absolute Gasteiger partial charge is 0.379 e. The number of allylic oxidation sites excluding steroid dienone is 1. The van der Waals surface area contributed by atoms with E-state index in [1.54, 1.807) is 0 Å². The van der Waals surface area contributed by atoms with Crippen molar-refractivity contribution in [2.24, 2.45) is 5.92 Å². The first kappa shape index (κ1) is 20.1.